The maximum Gasteiger partial charge on any atom is 0.318 e. The van der Waals surface area contributed by atoms with E-state index in [2.05, 4.69) is 16.9 Å². The third-order valence-electron chi connectivity index (χ3n) is 4.25. The average molecular weight is 393 g/mol. The van der Waals surface area contributed by atoms with Crippen LogP contribution in [0.25, 0.3) is 10.2 Å². The third-order valence-corrected chi connectivity index (χ3v) is 6.53. The summed E-state index contributed by atoms with van der Waals surface area (Å²) in [7, 11) is 0. The van der Waals surface area contributed by atoms with Gasteiger partial charge >= 0.3 is 6.03 Å². The van der Waals surface area contributed by atoms with E-state index in [0.29, 0.717) is 21.9 Å². The average Bonchev–Trinajstić information content (AvgIpc) is 2.96. The Bertz CT molecular complexity index is 948. The summed E-state index contributed by atoms with van der Waals surface area (Å²) in [6.07, 6.45) is 5.74. The Morgan fingerprint density at radius 2 is 2.19 bits per heavy atom. The summed E-state index contributed by atoms with van der Waals surface area (Å²) < 4.78 is 1.54. The SMILES string of the molecule is C=CCn1c(SC(C)C(=O)NC(N)=O)nc2sc3c(c2c1=O)CCCC3. The topological polar surface area (TPSA) is 107 Å². The molecule has 1 aliphatic carbocycles. The van der Waals surface area contributed by atoms with Crippen molar-refractivity contribution < 1.29 is 9.59 Å². The number of nitrogens with two attached hydrogens (primary N) is 1. The lowest BCUT2D eigenvalue weighted by Gasteiger charge is -2.14. The van der Waals surface area contributed by atoms with Crippen LogP contribution in [0.4, 0.5) is 4.79 Å². The second kappa shape index (κ2) is 7.63. The molecule has 3 N–H and O–H groups in total. The number of amides is 3. The minimum atomic E-state index is -0.903. The van der Waals surface area contributed by atoms with E-state index in [-0.39, 0.29) is 5.56 Å². The second-order valence-corrected chi connectivity index (χ2v) is 8.50. The molecule has 0 radical (unpaired) electrons. The smallest absolute Gasteiger partial charge is 0.318 e. The van der Waals surface area contributed by atoms with Gasteiger partial charge in [-0.25, -0.2) is 9.78 Å². The number of carbonyl (C=O) groups is 2. The molecule has 1 aliphatic rings. The van der Waals surface area contributed by atoms with Gasteiger partial charge in [-0.15, -0.1) is 17.9 Å². The van der Waals surface area contributed by atoms with Crippen molar-refractivity contribution in [1.82, 2.24) is 14.9 Å². The van der Waals surface area contributed by atoms with E-state index in [1.165, 1.54) is 9.44 Å². The van der Waals surface area contributed by atoms with Gasteiger partial charge in [-0.05, 0) is 38.2 Å². The molecule has 0 aliphatic heterocycles. The van der Waals surface area contributed by atoms with Crippen molar-refractivity contribution >= 4 is 45.3 Å². The molecule has 0 saturated carbocycles. The van der Waals surface area contributed by atoms with Crippen molar-refractivity contribution in [3.05, 3.63) is 33.4 Å². The summed E-state index contributed by atoms with van der Waals surface area (Å²) in [6.45, 7) is 5.65. The molecule has 7 nitrogen and oxygen atoms in total. The molecular weight excluding hydrogens is 372 g/mol. The van der Waals surface area contributed by atoms with Gasteiger partial charge in [0.25, 0.3) is 5.56 Å². The van der Waals surface area contributed by atoms with Crippen molar-refractivity contribution in [3.63, 3.8) is 0 Å². The highest BCUT2D eigenvalue weighted by Gasteiger charge is 2.24. The van der Waals surface area contributed by atoms with Crippen molar-refractivity contribution in [1.29, 1.82) is 0 Å². The fraction of sp³-hybridized carbons (Fsp3) is 0.412. The number of thiophene rings is 1. The molecular formula is C17H20N4O3S2. The molecule has 1 unspecified atom stereocenters. The molecule has 138 valence electrons. The molecule has 0 aromatic carbocycles. The van der Waals surface area contributed by atoms with E-state index in [1.807, 2.05) is 0 Å². The lowest BCUT2D eigenvalue weighted by molar-refractivity contribution is -0.119. The van der Waals surface area contributed by atoms with Gasteiger partial charge in [0.2, 0.25) is 5.91 Å². The van der Waals surface area contributed by atoms with E-state index < -0.39 is 17.2 Å². The van der Waals surface area contributed by atoms with Gasteiger partial charge in [0.05, 0.1) is 10.6 Å². The first-order valence-corrected chi connectivity index (χ1v) is 10.0. The Labute approximate surface area is 158 Å². The largest absolute Gasteiger partial charge is 0.351 e. The molecule has 0 bridgehead atoms. The van der Waals surface area contributed by atoms with Crippen LogP contribution in [-0.4, -0.2) is 26.7 Å². The highest BCUT2D eigenvalue weighted by molar-refractivity contribution is 8.00. The molecule has 26 heavy (non-hydrogen) atoms. The van der Waals surface area contributed by atoms with Crippen LogP contribution in [-0.2, 0) is 24.2 Å². The summed E-state index contributed by atoms with van der Waals surface area (Å²) in [5.41, 5.74) is 6.02. The second-order valence-electron chi connectivity index (χ2n) is 6.10. The van der Waals surface area contributed by atoms with Crippen LogP contribution in [0.15, 0.2) is 22.6 Å². The molecule has 0 saturated heterocycles. The van der Waals surface area contributed by atoms with Crippen molar-refractivity contribution in [2.75, 3.05) is 0 Å². The number of imide groups is 1. The number of aryl methyl sites for hydroxylation is 2. The number of hydrogen-bond acceptors (Lipinski definition) is 6. The van der Waals surface area contributed by atoms with Crippen LogP contribution in [0.2, 0.25) is 0 Å². The number of rotatable bonds is 5. The molecule has 3 amide bonds. The van der Waals surface area contributed by atoms with Crippen LogP contribution in [0.3, 0.4) is 0 Å². The Morgan fingerprint density at radius 3 is 2.88 bits per heavy atom. The Morgan fingerprint density at radius 1 is 1.46 bits per heavy atom. The van der Waals surface area contributed by atoms with E-state index >= 15 is 0 Å². The van der Waals surface area contributed by atoms with Crippen LogP contribution in [0.5, 0.6) is 0 Å². The van der Waals surface area contributed by atoms with E-state index in [0.717, 1.165) is 43.0 Å². The Kier molecular flexibility index (Phi) is 5.47. The maximum absolute atomic E-state index is 13.1. The Balaban J connectivity index is 2.05. The Hall–Kier alpha value is -2.13. The number of primary amides is 1. The number of carbonyl (C=O) groups excluding carboxylic acids is 2. The minimum absolute atomic E-state index is 0.0979. The quantitative estimate of drug-likeness (QED) is 0.461. The number of allylic oxidation sites excluding steroid dienone is 1. The van der Waals surface area contributed by atoms with Gasteiger partial charge in [0.15, 0.2) is 5.16 Å². The fourth-order valence-electron chi connectivity index (χ4n) is 3.03. The zero-order valence-corrected chi connectivity index (χ0v) is 16.0. The van der Waals surface area contributed by atoms with Gasteiger partial charge in [0, 0.05) is 11.4 Å². The number of nitrogens with one attached hydrogen (secondary N) is 1. The molecule has 2 aromatic rings. The van der Waals surface area contributed by atoms with Crippen LogP contribution >= 0.6 is 23.1 Å². The number of nitrogens with zero attached hydrogens (tertiary/aromatic N) is 2. The molecule has 3 rings (SSSR count). The summed E-state index contributed by atoms with van der Waals surface area (Å²) in [6, 6.07) is -0.903. The highest BCUT2D eigenvalue weighted by Crippen LogP contribution is 2.35. The van der Waals surface area contributed by atoms with Gasteiger partial charge in [0.1, 0.15) is 4.83 Å². The van der Waals surface area contributed by atoms with E-state index in [1.54, 1.807) is 24.3 Å². The third kappa shape index (κ3) is 3.54. The number of fused-ring (bicyclic) bond motifs is 3. The normalized spacial score (nSPS) is 14.7. The molecule has 0 spiro atoms. The molecule has 9 heteroatoms. The van der Waals surface area contributed by atoms with Crippen LogP contribution in [0.1, 0.15) is 30.2 Å². The summed E-state index contributed by atoms with van der Waals surface area (Å²) in [5.74, 6) is -0.521. The van der Waals surface area contributed by atoms with Gasteiger partial charge in [-0.1, -0.05) is 17.8 Å². The van der Waals surface area contributed by atoms with Crippen LogP contribution < -0.4 is 16.6 Å². The number of thioether (sulfide) groups is 1. The lowest BCUT2D eigenvalue weighted by atomic mass is 9.97. The van der Waals surface area contributed by atoms with Gasteiger partial charge in [-0.2, -0.15) is 0 Å². The molecule has 1 atom stereocenters. The van der Waals surface area contributed by atoms with E-state index in [4.69, 9.17) is 5.73 Å². The first-order chi connectivity index (χ1) is 12.4. The first kappa shape index (κ1) is 18.7. The van der Waals surface area contributed by atoms with Crippen LogP contribution in [0, 0.1) is 0 Å². The fourth-order valence-corrected chi connectivity index (χ4v) is 5.26. The zero-order valence-electron chi connectivity index (χ0n) is 14.4. The van der Waals surface area contributed by atoms with Gasteiger partial charge < -0.3 is 5.73 Å². The number of hydrogen-bond donors (Lipinski definition) is 2. The predicted molar refractivity (Wildman–Crippen MR) is 104 cm³/mol. The van der Waals surface area contributed by atoms with Gasteiger partial charge in [-0.3, -0.25) is 19.5 Å². The summed E-state index contributed by atoms with van der Waals surface area (Å²) >= 11 is 2.69. The highest BCUT2D eigenvalue weighted by atomic mass is 32.2. The molecule has 2 aromatic heterocycles. The number of urea groups is 1. The molecule has 2 heterocycles. The zero-order chi connectivity index (χ0) is 18.8. The number of aromatic nitrogens is 2. The lowest BCUT2D eigenvalue weighted by Crippen LogP contribution is -2.39. The minimum Gasteiger partial charge on any atom is -0.351 e. The standard InChI is InChI=1S/C17H20N4O3S2/c1-3-8-21-15(23)12-10-6-4-5-7-11(10)26-14(12)20-17(21)25-9(2)13(22)19-16(18)24/h3,9H,1,4-8H2,2H3,(H3,18,19,22,24). The predicted octanol–water partition coefficient (Wildman–Crippen LogP) is 2.20. The monoisotopic (exact) mass is 392 g/mol. The summed E-state index contributed by atoms with van der Waals surface area (Å²) in [5, 5.41) is 2.56. The molecule has 0 fully saturated rings. The van der Waals surface area contributed by atoms with E-state index in [9.17, 15) is 14.4 Å². The van der Waals surface area contributed by atoms with Crippen molar-refractivity contribution in [2.45, 2.75) is 49.6 Å². The van der Waals surface area contributed by atoms with Crippen molar-refractivity contribution in [3.8, 4) is 0 Å². The summed E-state index contributed by atoms with van der Waals surface area (Å²) in [4.78, 5) is 42.6. The van der Waals surface area contributed by atoms with Crippen molar-refractivity contribution in [2.24, 2.45) is 5.73 Å². The first-order valence-electron chi connectivity index (χ1n) is 8.35. The maximum atomic E-state index is 13.1.